The lowest BCUT2D eigenvalue weighted by Gasteiger charge is -2.19. The minimum absolute atomic E-state index is 0.0278. The van der Waals surface area contributed by atoms with Gasteiger partial charge < -0.3 is 9.15 Å². The number of ether oxygens (including phenoxy) is 1. The number of carbonyl (C=O) groups is 1. The first kappa shape index (κ1) is 15.4. The molecule has 0 unspecified atom stereocenters. The Labute approximate surface area is 143 Å². The highest BCUT2D eigenvalue weighted by molar-refractivity contribution is 7.22. The van der Waals surface area contributed by atoms with Crippen LogP contribution in [0.3, 0.4) is 0 Å². The number of amides is 1. The highest BCUT2D eigenvalue weighted by Crippen LogP contribution is 2.49. The first-order valence-corrected chi connectivity index (χ1v) is 8.79. The first-order chi connectivity index (χ1) is 11.8. The van der Waals surface area contributed by atoms with Crippen molar-refractivity contribution in [2.24, 2.45) is 5.92 Å². The Hall–Kier alpha value is -2.18. The molecule has 1 aliphatic carbocycles. The molecule has 4 rings (SSSR count). The molecule has 1 saturated carbocycles. The zero-order chi connectivity index (χ0) is 16.5. The molecular formula is C18H18N2O3S. The second kappa shape index (κ2) is 6.37. The number of rotatable bonds is 6. The lowest BCUT2D eigenvalue weighted by molar-refractivity contribution is -0.120. The van der Waals surface area contributed by atoms with Crippen molar-refractivity contribution in [3.63, 3.8) is 0 Å². The van der Waals surface area contributed by atoms with Crippen LogP contribution in [-0.4, -0.2) is 31.2 Å². The first-order valence-electron chi connectivity index (χ1n) is 7.97. The zero-order valence-corrected chi connectivity index (χ0v) is 14.2. The van der Waals surface area contributed by atoms with Gasteiger partial charge in [-0.25, -0.2) is 4.98 Å². The Morgan fingerprint density at radius 3 is 3.00 bits per heavy atom. The van der Waals surface area contributed by atoms with E-state index < -0.39 is 0 Å². The number of thiazole rings is 1. The topological polar surface area (TPSA) is 55.6 Å². The molecule has 0 saturated heterocycles. The third-order valence-corrected chi connectivity index (χ3v) is 5.37. The fraction of sp³-hybridized carbons (Fsp3) is 0.333. The third-order valence-electron chi connectivity index (χ3n) is 4.31. The van der Waals surface area contributed by atoms with Crippen LogP contribution in [0.2, 0.25) is 0 Å². The van der Waals surface area contributed by atoms with Crippen LogP contribution in [-0.2, 0) is 9.53 Å². The molecule has 5 nitrogen and oxygen atoms in total. The van der Waals surface area contributed by atoms with E-state index in [1.807, 2.05) is 36.4 Å². The van der Waals surface area contributed by atoms with Gasteiger partial charge in [0, 0.05) is 18.9 Å². The fourth-order valence-electron chi connectivity index (χ4n) is 2.94. The van der Waals surface area contributed by atoms with Crippen LogP contribution in [0.5, 0.6) is 0 Å². The SMILES string of the molecule is COCCN(C(=O)[C@H]1C[C@@H]1c1ccco1)c1nc2ccccc2s1. The molecule has 124 valence electrons. The number of methoxy groups -OCH3 is 1. The summed E-state index contributed by atoms with van der Waals surface area (Å²) in [7, 11) is 1.64. The molecule has 0 radical (unpaired) electrons. The van der Waals surface area contributed by atoms with E-state index in [1.165, 1.54) is 0 Å². The molecular weight excluding hydrogens is 324 g/mol. The summed E-state index contributed by atoms with van der Waals surface area (Å²) >= 11 is 1.54. The van der Waals surface area contributed by atoms with E-state index in [9.17, 15) is 4.79 Å². The van der Waals surface area contributed by atoms with Crippen molar-refractivity contribution in [3.8, 4) is 0 Å². The van der Waals surface area contributed by atoms with E-state index >= 15 is 0 Å². The summed E-state index contributed by atoms with van der Waals surface area (Å²) in [5, 5.41) is 0.739. The monoisotopic (exact) mass is 342 g/mol. The lowest BCUT2D eigenvalue weighted by atomic mass is 10.2. The largest absolute Gasteiger partial charge is 0.469 e. The van der Waals surface area contributed by atoms with Gasteiger partial charge in [0.2, 0.25) is 5.91 Å². The third kappa shape index (κ3) is 2.83. The van der Waals surface area contributed by atoms with Crippen molar-refractivity contribution < 1.29 is 13.9 Å². The summed E-state index contributed by atoms with van der Waals surface area (Å²) in [6, 6.07) is 11.7. The molecule has 0 aliphatic heterocycles. The van der Waals surface area contributed by atoms with Crippen molar-refractivity contribution in [1.29, 1.82) is 0 Å². The number of benzene rings is 1. The molecule has 2 aromatic heterocycles. The summed E-state index contributed by atoms with van der Waals surface area (Å²) < 4.78 is 11.7. The second-order valence-corrected chi connectivity index (χ2v) is 6.92. The number of fused-ring (bicyclic) bond motifs is 1. The number of hydrogen-bond acceptors (Lipinski definition) is 5. The van der Waals surface area contributed by atoms with Crippen LogP contribution < -0.4 is 4.90 Å². The van der Waals surface area contributed by atoms with Crippen molar-refractivity contribution in [3.05, 3.63) is 48.4 Å². The Kier molecular flexibility index (Phi) is 4.08. The van der Waals surface area contributed by atoms with Crippen LogP contribution in [0.25, 0.3) is 10.2 Å². The number of nitrogens with zero attached hydrogens (tertiary/aromatic N) is 2. The van der Waals surface area contributed by atoms with Gasteiger partial charge in [0.05, 0.1) is 29.6 Å². The number of aromatic nitrogens is 1. The van der Waals surface area contributed by atoms with E-state index in [4.69, 9.17) is 9.15 Å². The smallest absolute Gasteiger partial charge is 0.232 e. The zero-order valence-electron chi connectivity index (χ0n) is 13.3. The standard InChI is InChI=1S/C18H18N2O3S/c1-22-10-8-20(18-19-14-5-2-3-7-16(14)24-18)17(21)13-11-12(13)15-6-4-9-23-15/h2-7,9,12-13H,8,10-11H2,1H3/t12-,13-/m0/s1. The summed E-state index contributed by atoms with van der Waals surface area (Å²) in [4.78, 5) is 19.4. The predicted octanol–water partition coefficient (Wildman–Crippen LogP) is 3.67. The van der Waals surface area contributed by atoms with E-state index in [0.29, 0.717) is 13.2 Å². The molecule has 6 heteroatoms. The van der Waals surface area contributed by atoms with Crippen LogP contribution in [0.1, 0.15) is 18.1 Å². The maximum Gasteiger partial charge on any atom is 0.232 e. The highest BCUT2D eigenvalue weighted by Gasteiger charge is 2.48. The van der Waals surface area contributed by atoms with Crippen molar-refractivity contribution in [1.82, 2.24) is 4.98 Å². The van der Waals surface area contributed by atoms with Gasteiger partial charge in [0.25, 0.3) is 0 Å². The van der Waals surface area contributed by atoms with Gasteiger partial charge in [0.15, 0.2) is 5.13 Å². The average Bonchev–Trinajstić information content (AvgIpc) is 3.03. The molecule has 0 spiro atoms. The van der Waals surface area contributed by atoms with Crippen molar-refractivity contribution in [2.45, 2.75) is 12.3 Å². The van der Waals surface area contributed by atoms with Crippen molar-refractivity contribution in [2.75, 3.05) is 25.2 Å². The lowest BCUT2D eigenvalue weighted by Crippen LogP contribution is -2.35. The van der Waals surface area contributed by atoms with E-state index in [-0.39, 0.29) is 17.7 Å². The Morgan fingerprint density at radius 1 is 1.38 bits per heavy atom. The molecule has 2 heterocycles. The minimum atomic E-state index is -0.0278. The maximum absolute atomic E-state index is 13.0. The van der Waals surface area contributed by atoms with Gasteiger partial charge >= 0.3 is 0 Å². The predicted molar refractivity (Wildman–Crippen MR) is 93.4 cm³/mol. The molecule has 1 fully saturated rings. The molecule has 1 amide bonds. The Morgan fingerprint density at radius 2 is 2.25 bits per heavy atom. The van der Waals surface area contributed by atoms with Gasteiger partial charge in [-0.1, -0.05) is 23.5 Å². The Balaban J connectivity index is 1.58. The van der Waals surface area contributed by atoms with Gasteiger partial charge in [0.1, 0.15) is 5.76 Å². The molecule has 24 heavy (non-hydrogen) atoms. The van der Waals surface area contributed by atoms with E-state index in [1.54, 1.807) is 29.6 Å². The quantitative estimate of drug-likeness (QED) is 0.686. The van der Waals surface area contributed by atoms with Crippen LogP contribution >= 0.6 is 11.3 Å². The number of furan rings is 1. The average molecular weight is 342 g/mol. The fourth-order valence-corrected chi connectivity index (χ4v) is 3.94. The molecule has 0 bridgehead atoms. The minimum Gasteiger partial charge on any atom is -0.469 e. The number of carbonyl (C=O) groups excluding carboxylic acids is 1. The van der Waals surface area contributed by atoms with Gasteiger partial charge in [-0.05, 0) is 30.7 Å². The van der Waals surface area contributed by atoms with Gasteiger partial charge in [-0.3, -0.25) is 9.69 Å². The summed E-state index contributed by atoms with van der Waals surface area (Å²) in [6.07, 6.45) is 2.49. The van der Waals surface area contributed by atoms with E-state index in [2.05, 4.69) is 4.98 Å². The van der Waals surface area contributed by atoms with Crippen LogP contribution in [0.15, 0.2) is 47.1 Å². The molecule has 2 atom stereocenters. The maximum atomic E-state index is 13.0. The van der Waals surface area contributed by atoms with Crippen LogP contribution in [0, 0.1) is 5.92 Å². The molecule has 3 aromatic rings. The normalized spacial score (nSPS) is 19.5. The van der Waals surface area contributed by atoms with Gasteiger partial charge in [-0.15, -0.1) is 0 Å². The number of hydrogen-bond donors (Lipinski definition) is 0. The summed E-state index contributed by atoms with van der Waals surface area (Å²) in [5.41, 5.74) is 0.922. The number of para-hydroxylation sites is 1. The number of anilines is 1. The molecule has 0 N–H and O–H groups in total. The highest BCUT2D eigenvalue weighted by atomic mass is 32.1. The second-order valence-electron chi connectivity index (χ2n) is 5.91. The summed E-state index contributed by atoms with van der Waals surface area (Å²) in [6.45, 7) is 0.996. The summed E-state index contributed by atoms with van der Waals surface area (Å²) in [5.74, 6) is 1.16. The Bertz CT molecular complexity index is 810. The van der Waals surface area contributed by atoms with E-state index in [0.717, 1.165) is 27.5 Å². The van der Waals surface area contributed by atoms with Crippen molar-refractivity contribution >= 4 is 32.6 Å². The van der Waals surface area contributed by atoms with Gasteiger partial charge in [-0.2, -0.15) is 0 Å². The molecule has 1 aromatic carbocycles. The molecule has 1 aliphatic rings. The van der Waals surface area contributed by atoms with Crippen LogP contribution in [0.4, 0.5) is 5.13 Å².